The first-order valence-electron chi connectivity index (χ1n) is 3.13. The Morgan fingerprint density at radius 3 is 2.67 bits per heavy atom. The van der Waals surface area contributed by atoms with Crippen molar-refractivity contribution in [3.63, 3.8) is 0 Å². The molecule has 1 heterocycles. The molecule has 0 saturated heterocycles. The molecule has 0 aliphatic carbocycles. The normalized spacial score (nSPS) is 10.9. The van der Waals surface area contributed by atoms with Gasteiger partial charge in [0.05, 0.1) is 14.4 Å². The van der Waals surface area contributed by atoms with E-state index in [1.165, 1.54) is 11.3 Å². The van der Waals surface area contributed by atoms with Crippen LogP contribution in [0.4, 0.5) is 0 Å². The number of hydrogen-bond donors (Lipinski definition) is 0. The predicted molar refractivity (Wildman–Crippen MR) is 55.7 cm³/mol. The second-order valence-electron chi connectivity index (χ2n) is 2.26. The zero-order valence-electron chi connectivity index (χ0n) is 5.70. The van der Waals surface area contributed by atoms with Crippen LogP contribution in [0.2, 0.25) is 14.4 Å². The van der Waals surface area contributed by atoms with Gasteiger partial charge in [-0.2, -0.15) is 0 Å². The van der Waals surface area contributed by atoms with Crippen molar-refractivity contribution in [1.29, 1.82) is 0 Å². The lowest BCUT2D eigenvalue weighted by atomic mass is 10.3. The molecule has 61 valence electrons. The van der Waals surface area contributed by atoms with Crippen LogP contribution in [0.5, 0.6) is 0 Å². The SMILES string of the molecule is Clc1[c]c2sc(Cl)cc2c(Cl)c1. The van der Waals surface area contributed by atoms with E-state index in [1.807, 2.05) is 6.07 Å². The molecular formula is C8H2Cl3S. The molecule has 0 N–H and O–H groups in total. The first-order chi connectivity index (χ1) is 5.66. The lowest BCUT2D eigenvalue weighted by molar-refractivity contribution is 1.82. The van der Waals surface area contributed by atoms with Crippen LogP contribution < -0.4 is 0 Å². The molecule has 0 aliphatic heterocycles. The minimum absolute atomic E-state index is 0.519. The highest BCUT2D eigenvalue weighted by atomic mass is 35.5. The molecule has 0 amide bonds. The summed E-state index contributed by atoms with van der Waals surface area (Å²) in [6.07, 6.45) is 0. The van der Waals surface area contributed by atoms with Crippen LogP contribution in [-0.4, -0.2) is 0 Å². The van der Waals surface area contributed by atoms with E-state index in [0.29, 0.717) is 14.4 Å². The van der Waals surface area contributed by atoms with E-state index in [1.54, 1.807) is 6.07 Å². The van der Waals surface area contributed by atoms with E-state index < -0.39 is 0 Å². The highest BCUT2D eigenvalue weighted by Crippen LogP contribution is 2.35. The van der Waals surface area contributed by atoms with E-state index in [9.17, 15) is 0 Å². The number of fused-ring (bicyclic) bond motifs is 1. The van der Waals surface area contributed by atoms with Gasteiger partial charge in [-0.25, -0.2) is 0 Å². The maximum Gasteiger partial charge on any atom is 0.0941 e. The molecule has 0 unspecified atom stereocenters. The van der Waals surface area contributed by atoms with Crippen molar-refractivity contribution in [2.75, 3.05) is 0 Å². The molecule has 0 nitrogen and oxygen atoms in total. The van der Waals surface area contributed by atoms with Gasteiger partial charge in [-0.15, -0.1) is 11.3 Å². The Kier molecular flexibility index (Phi) is 2.21. The van der Waals surface area contributed by atoms with Crippen molar-refractivity contribution in [2.24, 2.45) is 0 Å². The van der Waals surface area contributed by atoms with E-state index in [-0.39, 0.29) is 0 Å². The summed E-state index contributed by atoms with van der Waals surface area (Å²) >= 11 is 18.9. The van der Waals surface area contributed by atoms with Crippen LogP contribution in [0.3, 0.4) is 0 Å². The molecule has 0 fully saturated rings. The monoisotopic (exact) mass is 235 g/mol. The molecule has 12 heavy (non-hydrogen) atoms. The van der Waals surface area contributed by atoms with E-state index in [2.05, 4.69) is 6.07 Å². The minimum atomic E-state index is 0.519. The molecule has 2 rings (SSSR count). The second-order valence-corrected chi connectivity index (χ2v) is 4.76. The van der Waals surface area contributed by atoms with Crippen molar-refractivity contribution in [2.45, 2.75) is 0 Å². The van der Waals surface area contributed by atoms with Crippen molar-refractivity contribution in [1.82, 2.24) is 0 Å². The molecule has 1 aromatic heterocycles. The highest BCUT2D eigenvalue weighted by molar-refractivity contribution is 7.22. The summed E-state index contributed by atoms with van der Waals surface area (Å²) in [6, 6.07) is 6.44. The number of halogens is 3. The van der Waals surface area contributed by atoms with Crippen molar-refractivity contribution in [3.05, 3.63) is 32.6 Å². The summed E-state index contributed by atoms with van der Waals surface area (Å²) in [5, 5.41) is 2.05. The van der Waals surface area contributed by atoms with Crippen LogP contribution in [0.15, 0.2) is 12.1 Å². The number of hydrogen-bond acceptors (Lipinski definition) is 1. The molecular weight excluding hydrogens is 235 g/mol. The molecule has 1 radical (unpaired) electrons. The smallest absolute Gasteiger partial charge is 0.0941 e. The van der Waals surface area contributed by atoms with Crippen molar-refractivity contribution in [3.8, 4) is 0 Å². The molecule has 0 aliphatic rings. The third kappa shape index (κ3) is 1.42. The third-order valence-corrected chi connectivity index (χ3v) is 3.14. The Morgan fingerprint density at radius 2 is 1.92 bits per heavy atom. The van der Waals surface area contributed by atoms with Crippen LogP contribution in [0.25, 0.3) is 10.1 Å². The molecule has 0 bridgehead atoms. The molecule has 0 spiro atoms. The lowest BCUT2D eigenvalue weighted by Crippen LogP contribution is -1.67. The van der Waals surface area contributed by atoms with Crippen LogP contribution >= 0.6 is 46.1 Å². The van der Waals surface area contributed by atoms with Gasteiger partial charge < -0.3 is 0 Å². The third-order valence-electron chi connectivity index (χ3n) is 1.45. The van der Waals surface area contributed by atoms with Gasteiger partial charge in [-0.3, -0.25) is 0 Å². The average molecular weight is 237 g/mol. The zero-order valence-corrected chi connectivity index (χ0v) is 8.78. The van der Waals surface area contributed by atoms with Crippen molar-refractivity contribution >= 4 is 56.2 Å². The van der Waals surface area contributed by atoms with Gasteiger partial charge in [0.1, 0.15) is 0 Å². The summed E-state index contributed by atoms with van der Waals surface area (Å²) in [6.45, 7) is 0. The van der Waals surface area contributed by atoms with Gasteiger partial charge in [-0.05, 0) is 12.1 Å². The zero-order chi connectivity index (χ0) is 8.72. The van der Waals surface area contributed by atoms with Crippen LogP contribution in [-0.2, 0) is 0 Å². The van der Waals surface area contributed by atoms with E-state index >= 15 is 0 Å². The standard InChI is InChI=1S/C8H2Cl3S/c9-4-1-6(10)5-3-8(11)12-7(5)2-4/h1,3H. The largest absolute Gasteiger partial charge is 0.123 e. The Balaban J connectivity index is 2.88. The lowest BCUT2D eigenvalue weighted by Gasteiger charge is -1.92. The quantitative estimate of drug-likeness (QED) is 0.624. The predicted octanol–water partition coefficient (Wildman–Crippen LogP) is 4.66. The molecule has 4 heteroatoms. The Morgan fingerprint density at radius 1 is 1.17 bits per heavy atom. The fourth-order valence-electron chi connectivity index (χ4n) is 0.965. The Bertz CT molecular complexity index is 433. The van der Waals surface area contributed by atoms with Gasteiger partial charge in [0, 0.05) is 16.2 Å². The summed E-state index contributed by atoms with van der Waals surface area (Å²) in [5.41, 5.74) is 0. The highest BCUT2D eigenvalue weighted by Gasteiger charge is 2.05. The maximum absolute atomic E-state index is 5.92. The molecule has 1 aromatic carbocycles. The molecule has 0 saturated carbocycles. The summed E-state index contributed by atoms with van der Waals surface area (Å²) in [5.74, 6) is 0. The summed E-state index contributed by atoms with van der Waals surface area (Å²) in [7, 11) is 0. The van der Waals surface area contributed by atoms with Crippen LogP contribution in [0, 0.1) is 6.07 Å². The number of rotatable bonds is 0. The van der Waals surface area contributed by atoms with Crippen molar-refractivity contribution < 1.29 is 0 Å². The maximum atomic E-state index is 5.92. The van der Waals surface area contributed by atoms with Gasteiger partial charge >= 0.3 is 0 Å². The van der Waals surface area contributed by atoms with Gasteiger partial charge in [0.15, 0.2) is 0 Å². The number of benzene rings is 1. The summed E-state index contributed by atoms with van der Waals surface area (Å²) < 4.78 is 1.60. The minimum Gasteiger partial charge on any atom is -0.123 e. The van der Waals surface area contributed by atoms with Crippen LogP contribution in [0.1, 0.15) is 0 Å². The first kappa shape index (κ1) is 8.64. The first-order valence-corrected chi connectivity index (χ1v) is 5.08. The van der Waals surface area contributed by atoms with E-state index in [4.69, 9.17) is 34.8 Å². The van der Waals surface area contributed by atoms with E-state index in [0.717, 1.165) is 10.1 Å². The topological polar surface area (TPSA) is 0 Å². The average Bonchev–Trinajstić information content (AvgIpc) is 2.29. The Hall–Kier alpha value is 0.0500. The second kappa shape index (κ2) is 3.08. The Labute approximate surface area is 88.7 Å². The van der Waals surface area contributed by atoms with Gasteiger partial charge in [0.2, 0.25) is 0 Å². The number of thiophene rings is 1. The fraction of sp³-hybridized carbons (Fsp3) is 0. The fourth-order valence-corrected chi connectivity index (χ4v) is 2.75. The van der Waals surface area contributed by atoms with Gasteiger partial charge in [0.25, 0.3) is 0 Å². The molecule has 2 aromatic rings. The van der Waals surface area contributed by atoms with Gasteiger partial charge in [-0.1, -0.05) is 34.8 Å². The molecule has 0 atom stereocenters. The summed E-state index contributed by atoms with van der Waals surface area (Å²) in [4.78, 5) is 0.